The van der Waals surface area contributed by atoms with Crippen molar-refractivity contribution in [2.45, 2.75) is 179 Å². The molecule has 6 aromatic rings. The van der Waals surface area contributed by atoms with Crippen molar-refractivity contribution in [1.82, 2.24) is 45.3 Å². The van der Waals surface area contributed by atoms with Crippen LogP contribution in [0.4, 0.5) is 27.8 Å². The van der Waals surface area contributed by atoms with E-state index >= 15 is 0 Å². The Hall–Kier alpha value is -8.03. The van der Waals surface area contributed by atoms with E-state index < -0.39 is 5.60 Å². The second-order valence-electron chi connectivity index (χ2n) is 28.8. The number of H-pyrrole nitrogens is 2. The molecule has 4 fully saturated rings. The standard InChI is InChI=1S/C40H57N7O4.C36H50N6O2/c1-11-46(32-19-27(4)47(28(5)20-32)39(50)51-40(7,8)9)35-22-31(30-12-13-36(41-23-30)45-16-14-44(10)15-17-45)21-33(29(35)6)37(48)42-24-34-25(2)18-26(3)43-38(34)49;1-8-42(30-16-23(2)15-24(3)17-30)33-20-29(28-9-10-34(37-21-28)41-13-11-40(7)12-14-41)19-31(27(33)6)35(43)38-22-32-25(4)18-26(5)39-36(32)44/h12-13,18,21-23,27-28,32H,11,14-17,19-20,24H2,1-10H3,(H,42,48)(H,43,49);9-10,18-21,23-24,30H,8,11-17,22H2,1-7H3,(H,38,43)(H,39,44)/t27-,28-;23-,24-/m10/s1. The number of piperazine rings is 2. The molecule has 19 heteroatoms. The number of pyridine rings is 4. The fourth-order valence-electron chi connectivity index (χ4n) is 15.0. The number of aromatic nitrogens is 4. The van der Waals surface area contributed by atoms with Crippen molar-refractivity contribution in [1.29, 1.82) is 0 Å². The first kappa shape index (κ1) is 71.3. The molecule has 3 amide bonds. The van der Waals surface area contributed by atoms with E-state index in [4.69, 9.17) is 14.7 Å². The number of amides is 3. The summed E-state index contributed by atoms with van der Waals surface area (Å²) in [6.45, 7) is 40.3. The van der Waals surface area contributed by atoms with Gasteiger partial charge in [0.15, 0.2) is 0 Å². The van der Waals surface area contributed by atoms with Gasteiger partial charge in [-0.15, -0.1) is 0 Å². The van der Waals surface area contributed by atoms with Gasteiger partial charge in [-0.2, -0.15) is 0 Å². The second-order valence-corrected chi connectivity index (χ2v) is 28.8. The van der Waals surface area contributed by atoms with Crippen molar-refractivity contribution < 1.29 is 19.1 Å². The number of nitrogens with zero attached hydrogens (tertiary/aromatic N) is 9. The molecule has 3 saturated heterocycles. The molecule has 3 aliphatic heterocycles. The normalized spacial score (nSPS) is 20.4. The van der Waals surface area contributed by atoms with Crippen LogP contribution >= 0.6 is 0 Å². The summed E-state index contributed by atoms with van der Waals surface area (Å²) in [5.74, 6) is 2.87. The number of likely N-dealkylation sites (tertiary alicyclic amines) is 1. The molecule has 10 rings (SSSR count). The lowest BCUT2D eigenvalue weighted by atomic mass is 9.79. The number of hydrogen-bond donors (Lipinski definition) is 4. The number of aromatic amines is 2. The Kier molecular flexibility index (Phi) is 23.1. The quantitative estimate of drug-likeness (QED) is 0.0713. The first-order valence-corrected chi connectivity index (χ1v) is 34.7. The van der Waals surface area contributed by atoms with Gasteiger partial charge in [0.2, 0.25) is 0 Å². The molecule has 1 aliphatic carbocycles. The highest BCUT2D eigenvalue weighted by Gasteiger charge is 2.39. The van der Waals surface area contributed by atoms with E-state index in [1.54, 1.807) is 0 Å². The summed E-state index contributed by atoms with van der Waals surface area (Å²) in [6, 6.07) is 21.1. The lowest BCUT2D eigenvalue weighted by Gasteiger charge is -2.47. The third kappa shape index (κ3) is 17.3. The number of anilines is 4. The zero-order valence-electron chi connectivity index (χ0n) is 59.9. The van der Waals surface area contributed by atoms with Gasteiger partial charge in [-0.25, -0.2) is 14.8 Å². The van der Waals surface area contributed by atoms with Crippen LogP contribution in [0, 0.1) is 53.4 Å². The maximum atomic E-state index is 14.0. The van der Waals surface area contributed by atoms with Gasteiger partial charge >= 0.3 is 6.09 Å². The number of benzene rings is 2. The molecule has 95 heavy (non-hydrogen) atoms. The summed E-state index contributed by atoms with van der Waals surface area (Å²) in [5.41, 5.74) is 12.4. The van der Waals surface area contributed by atoms with Crippen molar-refractivity contribution in [3.8, 4) is 22.3 Å². The largest absolute Gasteiger partial charge is 0.444 e. The predicted octanol–water partition coefficient (Wildman–Crippen LogP) is 11.7. The monoisotopic (exact) mass is 1300 g/mol. The van der Waals surface area contributed by atoms with Crippen molar-refractivity contribution in [3.63, 3.8) is 0 Å². The SMILES string of the molecule is CCN(c1cc(-c2ccc(N3CCN(C)CC3)nc2)cc(C(=O)NCc2c(C)cc(C)[nH]c2=O)c1C)C1C[C@@H](C)C[C@H](C)C1.CCN(c1cc(-c2ccc(N3CCN(C)CC3)nc2)cc(C(=O)NCc2c(C)cc(C)[nH]c2=O)c1C)C1C[C@@H](C)N(C(=O)OC(C)(C)C)[C@H](C)C1. The van der Waals surface area contributed by atoms with E-state index in [1.807, 2.05) is 96.9 Å². The van der Waals surface area contributed by atoms with E-state index in [0.717, 1.165) is 170 Å². The van der Waals surface area contributed by atoms with Crippen LogP contribution in [0.5, 0.6) is 0 Å². The molecule has 0 unspecified atom stereocenters. The molecule has 512 valence electrons. The maximum Gasteiger partial charge on any atom is 0.410 e. The summed E-state index contributed by atoms with van der Waals surface area (Å²) >= 11 is 0. The number of likely N-dealkylation sites (N-methyl/N-ethyl adjacent to an activating group) is 2. The third-order valence-corrected chi connectivity index (χ3v) is 20.0. The highest BCUT2D eigenvalue weighted by atomic mass is 16.6. The third-order valence-electron chi connectivity index (χ3n) is 20.0. The molecule has 4 atom stereocenters. The molecule has 0 spiro atoms. The van der Waals surface area contributed by atoms with E-state index in [9.17, 15) is 24.0 Å². The Morgan fingerprint density at radius 1 is 0.547 bits per heavy atom. The molecule has 4 N–H and O–H groups in total. The van der Waals surface area contributed by atoms with Gasteiger partial charge in [0.25, 0.3) is 22.9 Å². The average Bonchev–Trinajstić information content (AvgIpc) is 0.784. The number of nitrogens with one attached hydrogen (secondary N) is 4. The van der Waals surface area contributed by atoms with E-state index in [1.165, 1.54) is 6.42 Å². The van der Waals surface area contributed by atoms with E-state index in [-0.39, 0.29) is 60.2 Å². The minimum Gasteiger partial charge on any atom is -0.444 e. The van der Waals surface area contributed by atoms with Crippen LogP contribution in [0.2, 0.25) is 0 Å². The molecule has 0 bridgehead atoms. The molecule has 7 heterocycles. The van der Waals surface area contributed by atoms with E-state index in [0.29, 0.717) is 40.1 Å². The lowest BCUT2D eigenvalue weighted by Crippen LogP contribution is -2.56. The van der Waals surface area contributed by atoms with Gasteiger partial charge in [-0.05, 0) is 242 Å². The van der Waals surface area contributed by atoms with Crippen molar-refractivity contribution in [3.05, 3.63) is 150 Å². The number of piperidine rings is 1. The number of carbonyl (C=O) groups excluding carboxylic acids is 3. The first-order valence-electron chi connectivity index (χ1n) is 34.7. The van der Waals surface area contributed by atoms with Gasteiger partial charge in [0.1, 0.15) is 17.2 Å². The van der Waals surface area contributed by atoms with Crippen molar-refractivity contribution >= 4 is 40.9 Å². The summed E-state index contributed by atoms with van der Waals surface area (Å²) in [6.07, 6.45) is 8.66. The van der Waals surface area contributed by atoms with Crippen molar-refractivity contribution in [2.24, 2.45) is 11.8 Å². The molecule has 1 saturated carbocycles. The van der Waals surface area contributed by atoms with Crippen LogP contribution in [0.25, 0.3) is 22.3 Å². The number of aryl methyl sites for hydroxylation is 4. The van der Waals surface area contributed by atoms with Crippen LogP contribution in [0.3, 0.4) is 0 Å². The van der Waals surface area contributed by atoms with Gasteiger partial charge < -0.3 is 59.6 Å². The molecule has 4 aromatic heterocycles. The van der Waals surface area contributed by atoms with Crippen LogP contribution in [0.15, 0.2) is 82.6 Å². The van der Waals surface area contributed by atoms with Crippen LogP contribution in [-0.4, -0.2) is 162 Å². The smallest absolute Gasteiger partial charge is 0.410 e. The highest BCUT2D eigenvalue weighted by Crippen LogP contribution is 2.40. The Morgan fingerprint density at radius 2 is 0.937 bits per heavy atom. The van der Waals surface area contributed by atoms with Gasteiger partial charge in [-0.1, -0.05) is 13.8 Å². The number of hydrogen-bond acceptors (Lipinski definition) is 14. The zero-order chi connectivity index (χ0) is 68.7. The fourth-order valence-corrected chi connectivity index (χ4v) is 15.0. The maximum absolute atomic E-state index is 14.0. The predicted molar refractivity (Wildman–Crippen MR) is 386 cm³/mol. The van der Waals surface area contributed by atoms with Gasteiger partial charge in [0, 0.05) is 171 Å². The molecule has 0 radical (unpaired) electrons. The second kappa shape index (κ2) is 30.8. The molecule has 4 aliphatic rings. The van der Waals surface area contributed by atoms with Crippen molar-refractivity contribution in [2.75, 3.05) is 99.1 Å². The number of rotatable bonds is 16. The lowest BCUT2D eigenvalue weighted by molar-refractivity contribution is -0.00254. The Morgan fingerprint density at radius 3 is 1.28 bits per heavy atom. The van der Waals surface area contributed by atoms with Crippen LogP contribution in [0.1, 0.15) is 160 Å². The number of ether oxygens (including phenoxy) is 1. The molecular formula is C76H107N13O6. The van der Waals surface area contributed by atoms with Crippen LogP contribution in [-0.2, 0) is 17.8 Å². The minimum atomic E-state index is -0.569. The van der Waals surface area contributed by atoms with Gasteiger partial charge in [0.05, 0.1) is 0 Å². The van der Waals surface area contributed by atoms with Crippen LogP contribution < -0.4 is 41.4 Å². The average molecular weight is 1300 g/mol. The topological polar surface area (TPSA) is 199 Å². The number of carbonyl (C=O) groups is 3. The fraction of sp³-hybridized carbons (Fsp3) is 0.539. The molecule has 19 nitrogen and oxygen atoms in total. The zero-order valence-corrected chi connectivity index (χ0v) is 59.9. The molecule has 2 aromatic carbocycles. The minimum absolute atomic E-state index is 0.0314. The summed E-state index contributed by atoms with van der Waals surface area (Å²) in [4.78, 5) is 98.1. The van der Waals surface area contributed by atoms with E-state index in [2.05, 4.69) is 149 Å². The highest BCUT2D eigenvalue weighted by molar-refractivity contribution is 6.00. The Balaban J connectivity index is 0.000000226. The first-order chi connectivity index (χ1) is 45.1. The Labute approximate surface area is 564 Å². The summed E-state index contributed by atoms with van der Waals surface area (Å²) in [7, 11) is 4.30. The summed E-state index contributed by atoms with van der Waals surface area (Å²) < 4.78 is 5.77. The molecular weight excluding hydrogens is 1190 g/mol. The Bertz CT molecular complexity index is 3760. The van der Waals surface area contributed by atoms with Gasteiger partial charge in [-0.3, -0.25) is 19.2 Å². The summed E-state index contributed by atoms with van der Waals surface area (Å²) in [5, 5.41) is 6.11.